The van der Waals surface area contributed by atoms with E-state index >= 15 is 0 Å². The Hall–Kier alpha value is -2.03. The van der Waals surface area contributed by atoms with Crippen LogP contribution in [0.15, 0.2) is 47.2 Å². The van der Waals surface area contributed by atoms with Gasteiger partial charge in [-0.2, -0.15) is 0 Å². The Labute approximate surface area is 102 Å². The zero-order valence-corrected chi connectivity index (χ0v) is 10.0. The number of fused-ring (bicyclic) bond motifs is 1. The van der Waals surface area contributed by atoms with E-state index in [0.717, 1.165) is 29.7 Å². The topological polar surface area (TPSA) is 50.4 Å². The van der Waals surface area contributed by atoms with Crippen LogP contribution >= 0.6 is 0 Å². The van der Waals surface area contributed by atoms with Crippen molar-refractivity contribution in [1.29, 1.82) is 0 Å². The highest BCUT2D eigenvalue weighted by molar-refractivity contribution is 5.92. The monoisotopic (exact) mass is 227 g/mol. The smallest absolute Gasteiger partial charge is 0.118 e. The van der Waals surface area contributed by atoms with E-state index in [9.17, 15) is 0 Å². The highest BCUT2D eigenvalue weighted by Crippen LogP contribution is 2.26. The molecule has 1 aromatic rings. The predicted molar refractivity (Wildman–Crippen MR) is 72.6 cm³/mol. The van der Waals surface area contributed by atoms with Crippen molar-refractivity contribution in [3.05, 3.63) is 53.4 Å². The van der Waals surface area contributed by atoms with Gasteiger partial charge in [0.1, 0.15) is 5.82 Å². The molecule has 0 aromatic heterocycles. The van der Waals surface area contributed by atoms with Gasteiger partial charge in [-0.05, 0) is 24.0 Å². The van der Waals surface area contributed by atoms with Gasteiger partial charge in [-0.3, -0.25) is 0 Å². The van der Waals surface area contributed by atoms with Gasteiger partial charge in [-0.1, -0.05) is 30.8 Å². The molecule has 3 N–H and O–H groups in total. The highest BCUT2D eigenvalue weighted by Gasteiger charge is 2.14. The Morgan fingerprint density at radius 3 is 2.94 bits per heavy atom. The summed E-state index contributed by atoms with van der Waals surface area (Å²) in [4.78, 5) is 4.22. The van der Waals surface area contributed by atoms with E-state index in [1.165, 1.54) is 5.56 Å². The Balaban J connectivity index is 2.31. The molecule has 0 heterocycles. The summed E-state index contributed by atoms with van der Waals surface area (Å²) in [7, 11) is 1.80. The second-order valence-electron chi connectivity index (χ2n) is 4.05. The fourth-order valence-electron chi connectivity index (χ4n) is 1.93. The fourth-order valence-corrected chi connectivity index (χ4v) is 1.93. The summed E-state index contributed by atoms with van der Waals surface area (Å²) in [6, 6.07) is 8.25. The largest absolute Gasteiger partial charge is 0.398 e. The maximum atomic E-state index is 6.16. The van der Waals surface area contributed by atoms with Crippen LogP contribution < -0.4 is 11.1 Å². The summed E-state index contributed by atoms with van der Waals surface area (Å²) < 4.78 is 0. The van der Waals surface area contributed by atoms with Crippen LogP contribution in [-0.2, 0) is 6.42 Å². The lowest BCUT2D eigenvalue weighted by Crippen LogP contribution is -2.12. The summed E-state index contributed by atoms with van der Waals surface area (Å²) in [5.41, 5.74) is 10.5. The van der Waals surface area contributed by atoms with Gasteiger partial charge in [0.15, 0.2) is 0 Å². The molecular weight excluding hydrogens is 210 g/mol. The summed E-state index contributed by atoms with van der Waals surface area (Å²) in [6.45, 7) is 3.75. The number of nitrogens with two attached hydrogens (primary N) is 1. The molecule has 0 fully saturated rings. The first-order chi connectivity index (χ1) is 8.22. The van der Waals surface area contributed by atoms with Crippen LogP contribution in [0.4, 0.5) is 0 Å². The Morgan fingerprint density at radius 1 is 1.41 bits per heavy atom. The van der Waals surface area contributed by atoms with Gasteiger partial charge in [-0.25, -0.2) is 4.99 Å². The number of aryl methyl sites for hydroxylation is 1. The molecule has 0 saturated heterocycles. The van der Waals surface area contributed by atoms with Crippen LogP contribution in [-0.4, -0.2) is 13.3 Å². The van der Waals surface area contributed by atoms with Crippen LogP contribution in [0.3, 0.4) is 0 Å². The Kier molecular flexibility index (Phi) is 3.28. The minimum absolute atomic E-state index is 0.643. The molecule has 0 unspecified atom stereocenters. The number of hydrogen-bond acceptors (Lipinski definition) is 3. The lowest BCUT2D eigenvalue weighted by Gasteiger charge is -2.18. The second kappa shape index (κ2) is 4.87. The van der Waals surface area contributed by atoms with Crippen LogP contribution in [0.1, 0.15) is 17.5 Å². The summed E-state index contributed by atoms with van der Waals surface area (Å²) >= 11 is 0. The summed E-state index contributed by atoms with van der Waals surface area (Å²) in [6.07, 6.45) is 3.76. The van der Waals surface area contributed by atoms with Gasteiger partial charge in [0, 0.05) is 24.5 Å². The van der Waals surface area contributed by atoms with Gasteiger partial charge < -0.3 is 11.1 Å². The van der Waals surface area contributed by atoms with Crippen molar-refractivity contribution in [2.45, 2.75) is 12.8 Å². The Bertz CT molecular complexity index is 498. The molecule has 0 spiro atoms. The Morgan fingerprint density at radius 2 is 2.18 bits per heavy atom. The number of hydrogen-bond donors (Lipinski definition) is 2. The minimum atomic E-state index is 0.643. The second-order valence-corrected chi connectivity index (χ2v) is 4.05. The third-order valence-electron chi connectivity index (χ3n) is 2.98. The van der Waals surface area contributed by atoms with Crippen molar-refractivity contribution in [2.24, 2.45) is 10.7 Å². The third-order valence-corrected chi connectivity index (χ3v) is 2.98. The molecule has 0 bridgehead atoms. The average molecular weight is 227 g/mol. The van der Waals surface area contributed by atoms with E-state index in [4.69, 9.17) is 5.73 Å². The SMILES string of the molecule is C=C(/N=C\C1=C(N)c2ccccc2CC1)NC. The minimum Gasteiger partial charge on any atom is -0.398 e. The van der Waals surface area contributed by atoms with E-state index in [-0.39, 0.29) is 0 Å². The van der Waals surface area contributed by atoms with Crippen molar-refractivity contribution in [3.8, 4) is 0 Å². The zero-order valence-electron chi connectivity index (χ0n) is 10.0. The normalized spacial score (nSPS) is 14.9. The molecule has 88 valence electrons. The molecule has 0 aliphatic heterocycles. The van der Waals surface area contributed by atoms with E-state index in [1.54, 1.807) is 7.05 Å². The van der Waals surface area contributed by atoms with Crippen LogP contribution in [0.5, 0.6) is 0 Å². The molecule has 0 amide bonds. The molecule has 0 atom stereocenters. The standard InChI is InChI=1S/C14H17N3/c1-10(16-2)17-9-12-8-7-11-5-3-4-6-13(11)14(12)15/h3-6,9,16H,1,7-8,15H2,2H3/b17-9-. The molecule has 17 heavy (non-hydrogen) atoms. The van der Waals surface area contributed by atoms with E-state index in [2.05, 4.69) is 29.0 Å². The number of nitrogens with zero attached hydrogens (tertiary/aromatic N) is 1. The molecule has 1 aliphatic carbocycles. The van der Waals surface area contributed by atoms with Crippen LogP contribution in [0, 0.1) is 0 Å². The van der Waals surface area contributed by atoms with Gasteiger partial charge in [0.2, 0.25) is 0 Å². The fraction of sp³-hybridized carbons (Fsp3) is 0.214. The van der Waals surface area contributed by atoms with E-state index in [0.29, 0.717) is 5.82 Å². The molecule has 0 saturated carbocycles. The number of allylic oxidation sites excluding steroid dienone is 1. The first kappa shape index (κ1) is 11.5. The molecule has 0 radical (unpaired) electrons. The molecular formula is C14H17N3. The first-order valence-corrected chi connectivity index (χ1v) is 5.70. The van der Waals surface area contributed by atoms with E-state index < -0.39 is 0 Å². The number of aliphatic imine (C=N–C) groups is 1. The van der Waals surface area contributed by atoms with Crippen molar-refractivity contribution in [3.63, 3.8) is 0 Å². The molecule has 1 aliphatic rings. The molecule has 3 nitrogen and oxygen atoms in total. The van der Waals surface area contributed by atoms with Crippen molar-refractivity contribution >= 4 is 11.9 Å². The number of nitrogens with one attached hydrogen (secondary N) is 1. The van der Waals surface area contributed by atoms with Gasteiger partial charge in [-0.15, -0.1) is 0 Å². The molecule has 3 heteroatoms. The lowest BCUT2D eigenvalue weighted by molar-refractivity contribution is 0.942. The van der Waals surface area contributed by atoms with Crippen LogP contribution in [0.2, 0.25) is 0 Å². The van der Waals surface area contributed by atoms with Crippen molar-refractivity contribution in [2.75, 3.05) is 7.05 Å². The first-order valence-electron chi connectivity index (χ1n) is 5.70. The van der Waals surface area contributed by atoms with Crippen LogP contribution in [0.25, 0.3) is 5.70 Å². The average Bonchev–Trinajstić information content (AvgIpc) is 2.38. The summed E-state index contributed by atoms with van der Waals surface area (Å²) in [5.74, 6) is 0.643. The van der Waals surface area contributed by atoms with Crippen molar-refractivity contribution < 1.29 is 0 Å². The zero-order chi connectivity index (χ0) is 12.3. The van der Waals surface area contributed by atoms with Crippen molar-refractivity contribution in [1.82, 2.24) is 5.32 Å². The maximum Gasteiger partial charge on any atom is 0.118 e. The van der Waals surface area contributed by atoms with Gasteiger partial charge in [0.05, 0.1) is 0 Å². The number of benzene rings is 1. The quantitative estimate of drug-likeness (QED) is 0.777. The number of rotatable bonds is 3. The van der Waals surface area contributed by atoms with Gasteiger partial charge >= 0.3 is 0 Å². The molecule has 2 rings (SSSR count). The third kappa shape index (κ3) is 2.38. The van der Waals surface area contributed by atoms with Gasteiger partial charge in [0.25, 0.3) is 0 Å². The summed E-state index contributed by atoms with van der Waals surface area (Å²) in [5, 5.41) is 2.88. The van der Waals surface area contributed by atoms with E-state index in [1.807, 2.05) is 18.3 Å². The maximum absolute atomic E-state index is 6.16. The predicted octanol–water partition coefficient (Wildman–Crippen LogP) is 2.06. The highest BCUT2D eigenvalue weighted by atomic mass is 15.0. The molecule has 1 aromatic carbocycles. The lowest BCUT2D eigenvalue weighted by atomic mass is 9.90.